The van der Waals surface area contributed by atoms with E-state index in [-0.39, 0.29) is 23.1 Å². The second-order valence-corrected chi connectivity index (χ2v) is 6.14. The quantitative estimate of drug-likeness (QED) is 0.892. The maximum Gasteiger partial charge on any atom is 0.255 e. The molecule has 20 heavy (non-hydrogen) atoms. The first kappa shape index (κ1) is 14.7. The summed E-state index contributed by atoms with van der Waals surface area (Å²) in [5.74, 6) is 0.276. The molecule has 4 nitrogen and oxygen atoms in total. The van der Waals surface area contributed by atoms with Gasteiger partial charge in [-0.05, 0) is 30.4 Å². The van der Waals surface area contributed by atoms with Gasteiger partial charge in [0.25, 0.3) is 5.91 Å². The molecule has 1 unspecified atom stereocenters. The molecule has 0 aromatic heterocycles. The zero-order valence-corrected chi connectivity index (χ0v) is 12.4. The largest absolute Gasteiger partial charge is 0.507 e. The third-order valence-corrected chi connectivity index (χ3v) is 4.26. The van der Waals surface area contributed by atoms with Gasteiger partial charge in [0.15, 0.2) is 0 Å². The molecule has 1 amide bonds. The number of phenolic OH excluding ortho intramolecular Hbond substituents is 1. The van der Waals surface area contributed by atoms with Crippen LogP contribution in [0.4, 0.5) is 0 Å². The molecule has 4 heteroatoms. The molecule has 1 saturated carbocycles. The van der Waals surface area contributed by atoms with Crippen molar-refractivity contribution >= 4 is 5.91 Å². The second kappa shape index (κ2) is 5.73. The number of nitrogens with one attached hydrogen (secondary N) is 1. The Bertz CT molecular complexity index is 496. The molecular weight excluding hydrogens is 254 g/mol. The zero-order chi connectivity index (χ0) is 14.8. The zero-order valence-electron chi connectivity index (χ0n) is 12.4. The Morgan fingerprint density at radius 2 is 2.15 bits per heavy atom. The Morgan fingerprint density at radius 1 is 1.40 bits per heavy atom. The Morgan fingerprint density at radius 3 is 2.75 bits per heavy atom. The van der Waals surface area contributed by atoms with Crippen LogP contribution in [0.25, 0.3) is 0 Å². The number of rotatable bonds is 3. The minimum Gasteiger partial charge on any atom is -0.507 e. The summed E-state index contributed by atoms with van der Waals surface area (Å²) in [7, 11) is 1.53. The molecular formula is C16H23NO3. The summed E-state index contributed by atoms with van der Waals surface area (Å²) in [5.41, 5.74) is 0.405. The Hall–Kier alpha value is -1.71. The van der Waals surface area contributed by atoms with Gasteiger partial charge < -0.3 is 15.2 Å². The standard InChI is InChI=1S/C16H23NO3/c1-16(2)9-5-4-6-14(16)17-15(19)12-8-7-11(20-3)10-13(12)18/h7-8,10,14,18H,4-6,9H2,1-3H3,(H,17,19). The number of carbonyl (C=O) groups excluding carboxylic acids is 1. The lowest BCUT2D eigenvalue weighted by Crippen LogP contribution is -2.46. The molecule has 1 atom stereocenters. The molecule has 2 N–H and O–H groups in total. The number of methoxy groups -OCH3 is 1. The molecule has 0 spiro atoms. The van der Waals surface area contributed by atoms with Gasteiger partial charge in [-0.2, -0.15) is 0 Å². The lowest BCUT2D eigenvalue weighted by molar-refractivity contribution is 0.0851. The van der Waals surface area contributed by atoms with E-state index in [1.165, 1.54) is 19.6 Å². The maximum atomic E-state index is 12.3. The van der Waals surface area contributed by atoms with Crippen LogP contribution >= 0.6 is 0 Å². The molecule has 0 heterocycles. The Labute approximate surface area is 120 Å². The van der Waals surface area contributed by atoms with Crippen LogP contribution in [0, 0.1) is 5.41 Å². The van der Waals surface area contributed by atoms with Crippen molar-refractivity contribution in [3.8, 4) is 11.5 Å². The highest BCUT2D eigenvalue weighted by Crippen LogP contribution is 2.35. The molecule has 110 valence electrons. The minimum atomic E-state index is -0.217. The first-order valence-corrected chi connectivity index (χ1v) is 7.12. The van der Waals surface area contributed by atoms with E-state index in [2.05, 4.69) is 19.2 Å². The van der Waals surface area contributed by atoms with Gasteiger partial charge in [0, 0.05) is 12.1 Å². The minimum absolute atomic E-state index is 0.0459. The normalized spacial score (nSPS) is 21.2. The summed E-state index contributed by atoms with van der Waals surface area (Å²) in [6.45, 7) is 4.37. The first-order chi connectivity index (χ1) is 9.44. The molecule has 0 saturated heterocycles. The SMILES string of the molecule is COc1ccc(C(=O)NC2CCCCC2(C)C)c(O)c1. The summed E-state index contributed by atoms with van der Waals surface area (Å²) in [4.78, 5) is 12.3. The fourth-order valence-electron chi connectivity index (χ4n) is 2.83. The lowest BCUT2D eigenvalue weighted by Gasteiger charge is -2.39. The van der Waals surface area contributed by atoms with Crippen molar-refractivity contribution in [3.63, 3.8) is 0 Å². The third kappa shape index (κ3) is 3.06. The number of ether oxygens (including phenoxy) is 1. The van der Waals surface area contributed by atoms with E-state index in [1.807, 2.05) is 0 Å². The topological polar surface area (TPSA) is 58.6 Å². The van der Waals surface area contributed by atoms with Crippen molar-refractivity contribution in [2.45, 2.75) is 45.6 Å². The highest BCUT2D eigenvalue weighted by atomic mass is 16.5. The van der Waals surface area contributed by atoms with E-state index in [0.29, 0.717) is 11.3 Å². The van der Waals surface area contributed by atoms with E-state index >= 15 is 0 Å². The molecule has 0 aliphatic heterocycles. The van der Waals surface area contributed by atoms with E-state index in [4.69, 9.17) is 4.74 Å². The number of phenols is 1. The van der Waals surface area contributed by atoms with E-state index in [0.717, 1.165) is 19.3 Å². The van der Waals surface area contributed by atoms with Gasteiger partial charge in [-0.1, -0.05) is 26.7 Å². The van der Waals surface area contributed by atoms with Gasteiger partial charge in [0.2, 0.25) is 0 Å². The number of benzene rings is 1. The van der Waals surface area contributed by atoms with Gasteiger partial charge in [0.05, 0.1) is 12.7 Å². The fourth-order valence-corrected chi connectivity index (χ4v) is 2.83. The number of hydrogen-bond donors (Lipinski definition) is 2. The summed E-state index contributed by atoms with van der Waals surface area (Å²) in [5, 5.41) is 13.0. The monoisotopic (exact) mass is 277 g/mol. The molecule has 1 fully saturated rings. The van der Waals surface area contributed by atoms with E-state index in [9.17, 15) is 9.90 Å². The van der Waals surface area contributed by atoms with Crippen molar-refractivity contribution < 1.29 is 14.6 Å². The van der Waals surface area contributed by atoms with Crippen LogP contribution in [0.3, 0.4) is 0 Å². The highest BCUT2D eigenvalue weighted by Gasteiger charge is 2.33. The van der Waals surface area contributed by atoms with Gasteiger partial charge in [-0.3, -0.25) is 4.79 Å². The smallest absolute Gasteiger partial charge is 0.255 e. The lowest BCUT2D eigenvalue weighted by atomic mass is 9.73. The molecule has 1 aromatic rings. The second-order valence-electron chi connectivity index (χ2n) is 6.14. The number of carbonyl (C=O) groups is 1. The van der Waals surface area contributed by atoms with Crippen molar-refractivity contribution in [3.05, 3.63) is 23.8 Å². The predicted molar refractivity (Wildman–Crippen MR) is 78.2 cm³/mol. The molecule has 1 aliphatic rings. The van der Waals surface area contributed by atoms with Gasteiger partial charge in [-0.25, -0.2) is 0 Å². The Balaban J connectivity index is 2.12. The molecule has 0 radical (unpaired) electrons. The van der Waals surface area contributed by atoms with E-state index < -0.39 is 0 Å². The van der Waals surface area contributed by atoms with Gasteiger partial charge in [0.1, 0.15) is 11.5 Å². The summed E-state index contributed by atoms with van der Waals surface area (Å²) >= 11 is 0. The van der Waals surface area contributed by atoms with Gasteiger partial charge >= 0.3 is 0 Å². The summed E-state index contributed by atoms with van der Waals surface area (Å²) < 4.78 is 5.02. The average molecular weight is 277 g/mol. The van der Waals surface area contributed by atoms with Gasteiger partial charge in [-0.15, -0.1) is 0 Å². The summed E-state index contributed by atoms with van der Waals surface area (Å²) in [6, 6.07) is 4.89. The number of aromatic hydroxyl groups is 1. The Kier molecular flexibility index (Phi) is 4.21. The molecule has 1 aromatic carbocycles. The average Bonchev–Trinajstić information content (AvgIpc) is 2.40. The highest BCUT2D eigenvalue weighted by molar-refractivity contribution is 5.97. The number of amides is 1. The van der Waals surface area contributed by atoms with Crippen molar-refractivity contribution in [2.75, 3.05) is 7.11 Å². The van der Waals surface area contributed by atoms with Crippen molar-refractivity contribution in [1.29, 1.82) is 0 Å². The van der Waals surface area contributed by atoms with E-state index in [1.54, 1.807) is 12.1 Å². The van der Waals surface area contributed by atoms with Crippen LogP contribution in [-0.4, -0.2) is 24.2 Å². The van der Waals surface area contributed by atoms with Crippen LogP contribution in [0.15, 0.2) is 18.2 Å². The van der Waals surface area contributed by atoms with Crippen LogP contribution in [0.1, 0.15) is 49.9 Å². The molecule has 2 rings (SSSR count). The van der Waals surface area contributed by atoms with Crippen LogP contribution in [-0.2, 0) is 0 Å². The third-order valence-electron chi connectivity index (χ3n) is 4.26. The van der Waals surface area contributed by atoms with Crippen molar-refractivity contribution in [2.24, 2.45) is 5.41 Å². The first-order valence-electron chi connectivity index (χ1n) is 7.12. The fraction of sp³-hybridized carbons (Fsp3) is 0.562. The summed E-state index contributed by atoms with van der Waals surface area (Å²) in [6.07, 6.45) is 4.47. The van der Waals surface area contributed by atoms with Crippen LogP contribution in [0.2, 0.25) is 0 Å². The van der Waals surface area contributed by atoms with Crippen LogP contribution in [0.5, 0.6) is 11.5 Å². The van der Waals surface area contributed by atoms with Crippen LogP contribution < -0.4 is 10.1 Å². The van der Waals surface area contributed by atoms with Crippen molar-refractivity contribution in [1.82, 2.24) is 5.32 Å². The molecule has 0 bridgehead atoms. The predicted octanol–water partition coefficient (Wildman–Crippen LogP) is 3.10. The molecule has 1 aliphatic carbocycles. The maximum absolute atomic E-state index is 12.3. The number of hydrogen-bond acceptors (Lipinski definition) is 3.